The number of hydrogen-bond donors (Lipinski definition) is 3. The minimum Gasteiger partial charge on any atom is -0.460 e. The highest BCUT2D eigenvalue weighted by Crippen LogP contribution is 2.18. The molecule has 2 rings (SSSR count). The van der Waals surface area contributed by atoms with E-state index in [9.17, 15) is 9.90 Å². The standard InChI is InChI=1S/C18H20N2O3/c1-2-18(22)23-13-17(21)12-19-14-8-10-16(11-9-14)20-15-6-4-3-5-7-15/h2-11,17,19-21H,1,12-13H2. The number of carbonyl (C=O) groups excluding carboxylic acids is 1. The average molecular weight is 312 g/mol. The van der Waals surface area contributed by atoms with Gasteiger partial charge < -0.3 is 20.5 Å². The molecule has 5 heteroatoms. The van der Waals surface area contributed by atoms with Crippen LogP contribution in [0.1, 0.15) is 0 Å². The van der Waals surface area contributed by atoms with Crippen LogP contribution in [-0.2, 0) is 9.53 Å². The molecule has 120 valence electrons. The van der Waals surface area contributed by atoms with Crippen LogP contribution in [0.15, 0.2) is 67.3 Å². The van der Waals surface area contributed by atoms with E-state index in [1.165, 1.54) is 0 Å². The Morgan fingerprint density at radius 1 is 1.09 bits per heavy atom. The van der Waals surface area contributed by atoms with Crippen molar-refractivity contribution in [1.29, 1.82) is 0 Å². The van der Waals surface area contributed by atoms with Crippen molar-refractivity contribution in [3.63, 3.8) is 0 Å². The molecule has 0 saturated heterocycles. The molecule has 2 aromatic rings. The van der Waals surface area contributed by atoms with Gasteiger partial charge in [0, 0.05) is 29.7 Å². The van der Waals surface area contributed by atoms with Crippen molar-refractivity contribution in [2.24, 2.45) is 0 Å². The summed E-state index contributed by atoms with van der Waals surface area (Å²) < 4.78 is 4.77. The van der Waals surface area contributed by atoms with Gasteiger partial charge in [-0.05, 0) is 36.4 Å². The maximum atomic E-state index is 10.9. The van der Waals surface area contributed by atoms with Crippen LogP contribution < -0.4 is 10.6 Å². The number of hydrogen-bond acceptors (Lipinski definition) is 5. The van der Waals surface area contributed by atoms with Gasteiger partial charge in [0.2, 0.25) is 0 Å². The Kier molecular flexibility index (Phi) is 6.20. The van der Waals surface area contributed by atoms with Gasteiger partial charge in [-0.25, -0.2) is 4.79 Å². The Hall–Kier alpha value is -2.79. The molecule has 1 unspecified atom stereocenters. The van der Waals surface area contributed by atoms with Crippen LogP contribution in [0, 0.1) is 0 Å². The number of carbonyl (C=O) groups is 1. The largest absolute Gasteiger partial charge is 0.460 e. The summed E-state index contributed by atoms with van der Waals surface area (Å²) in [7, 11) is 0. The Balaban J connectivity index is 1.78. The fourth-order valence-electron chi connectivity index (χ4n) is 1.89. The molecule has 0 saturated carbocycles. The first kappa shape index (κ1) is 16.6. The van der Waals surface area contributed by atoms with E-state index in [4.69, 9.17) is 4.74 Å². The number of nitrogens with one attached hydrogen (secondary N) is 2. The van der Waals surface area contributed by atoms with E-state index >= 15 is 0 Å². The van der Waals surface area contributed by atoms with Gasteiger partial charge in [0.25, 0.3) is 0 Å². The summed E-state index contributed by atoms with van der Waals surface area (Å²) in [6.45, 7) is 3.52. The topological polar surface area (TPSA) is 70.6 Å². The molecule has 3 N–H and O–H groups in total. The summed E-state index contributed by atoms with van der Waals surface area (Å²) in [5.41, 5.74) is 2.87. The number of anilines is 3. The van der Waals surface area contributed by atoms with E-state index in [2.05, 4.69) is 17.2 Å². The molecule has 0 radical (unpaired) electrons. The SMILES string of the molecule is C=CC(=O)OCC(O)CNc1ccc(Nc2ccccc2)cc1. The van der Waals surface area contributed by atoms with Gasteiger partial charge in [-0.15, -0.1) is 0 Å². The molecule has 0 aliphatic heterocycles. The van der Waals surface area contributed by atoms with Gasteiger partial charge in [0.15, 0.2) is 0 Å². The molecule has 0 aromatic heterocycles. The first-order valence-electron chi connectivity index (χ1n) is 7.30. The lowest BCUT2D eigenvalue weighted by atomic mass is 10.2. The summed E-state index contributed by atoms with van der Waals surface area (Å²) in [4.78, 5) is 10.9. The fraction of sp³-hybridized carbons (Fsp3) is 0.167. The molecule has 0 fully saturated rings. The third-order valence-electron chi connectivity index (χ3n) is 3.07. The Bertz CT molecular complexity index is 626. The maximum absolute atomic E-state index is 10.9. The van der Waals surface area contributed by atoms with Gasteiger partial charge >= 0.3 is 5.97 Å². The van der Waals surface area contributed by atoms with Gasteiger partial charge in [0.05, 0.1) is 0 Å². The molecule has 1 atom stereocenters. The minimum atomic E-state index is -0.777. The van der Waals surface area contributed by atoms with E-state index in [1.807, 2.05) is 54.6 Å². The lowest BCUT2D eigenvalue weighted by Gasteiger charge is -2.13. The minimum absolute atomic E-state index is 0.0640. The highest BCUT2D eigenvalue weighted by atomic mass is 16.5. The molecule has 0 spiro atoms. The number of ether oxygens (including phenoxy) is 1. The van der Waals surface area contributed by atoms with Crippen molar-refractivity contribution in [3.8, 4) is 0 Å². The van der Waals surface area contributed by atoms with E-state index in [-0.39, 0.29) is 13.2 Å². The molecule has 0 amide bonds. The van der Waals surface area contributed by atoms with Crippen LogP contribution in [0.5, 0.6) is 0 Å². The normalized spacial score (nSPS) is 11.3. The van der Waals surface area contributed by atoms with Crippen LogP contribution in [0.4, 0.5) is 17.1 Å². The highest BCUT2D eigenvalue weighted by Gasteiger charge is 2.06. The number of rotatable bonds is 8. The molecule has 0 aliphatic rings. The average Bonchev–Trinajstić information content (AvgIpc) is 2.60. The number of aliphatic hydroxyl groups excluding tert-OH is 1. The maximum Gasteiger partial charge on any atom is 0.330 e. The second-order valence-electron chi connectivity index (χ2n) is 4.94. The van der Waals surface area contributed by atoms with Crippen molar-refractivity contribution in [2.75, 3.05) is 23.8 Å². The van der Waals surface area contributed by atoms with E-state index in [0.717, 1.165) is 23.1 Å². The number of benzene rings is 2. The molecule has 23 heavy (non-hydrogen) atoms. The molecule has 5 nitrogen and oxygen atoms in total. The third kappa shape index (κ3) is 5.84. The van der Waals surface area contributed by atoms with Crippen LogP contribution in [-0.4, -0.2) is 30.3 Å². The summed E-state index contributed by atoms with van der Waals surface area (Å²) in [6, 6.07) is 17.6. The predicted molar refractivity (Wildman–Crippen MR) is 91.8 cm³/mol. The second kappa shape index (κ2) is 8.60. The second-order valence-corrected chi connectivity index (χ2v) is 4.94. The van der Waals surface area contributed by atoms with Gasteiger partial charge in [0.1, 0.15) is 12.7 Å². The van der Waals surface area contributed by atoms with Crippen molar-refractivity contribution in [3.05, 3.63) is 67.3 Å². The van der Waals surface area contributed by atoms with Crippen molar-refractivity contribution in [1.82, 2.24) is 0 Å². The third-order valence-corrected chi connectivity index (χ3v) is 3.07. The quantitative estimate of drug-likeness (QED) is 0.516. The summed E-state index contributed by atoms with van der Waals surface area (Å²) >= 11 is 0. The summed E-state index contributed by atoms with van der Waals surface area (Å²) in [5, 5.41) is 16.1. The number of aliphatic hydroxyl groups is 1. The Morgan fingerprint density at radius 3 is 2.35 bits per heavy atom. The molecule has 0 aliphatic carbocycles. The van der Waals surface area contributed by atoms with Gasteiger partial charge in [-0.2, -0.15) is 0 Å². The van der Waals surface area contributed by atoms with E-state index in [0.29, 0.717) is 0 Å². The molecule has 0 heterocycles. The van der Waals surface area contributed by atoms with E-state index in [1.54, 1.807) is 0 Å². The lowest BCUT2D eigenvalue weighted by molar-refractivity contribution is -0.140. The lowest BCUT2D eigenvalue weighted by Crippen LogP contribution is -2.25. The Morgan fingerprint density at radius 2 is 1.70 bits per heavy atom. The fourth-order valence-corrected chi connectivity index (χ4v) is 1.89. The number of esters is 1. The first-order valence-corrected chi connectivity index (χ1v) is 7.30. The zero-order chi connectivity index (χ0) is 16.5. The molecular weight excluding hydrogens is 292 g/mol. The summed E-state index contributed by atoms with van der Waals surface area (Å²) in [6.07, 6.45) is 0.291. The smallest absolute Gasteiger partial charge is 0.330 e. The van der Waals surface area contributed by atoms with Crippen LogP contribution in [0.3, 0.4) is 0 Å². The van der Waals surface area contributed by atoms with Gasteiger partial charge in [-0.3, -0.25) is 0 Å². The van der Waals surface area contributed by atoms with Crippen molar-refractivity contribution in [2.45, 2.75) is 6.10 Å². The van der Waals surface area contributed by atoms with Crippen LogP contribution in [0.25, 0.3) is 0 Å². The van der Waals surface area contributed by atoms with E-state index < -0.39 is 12.1 Å². The Labute approximate surface area is 135 Å². The highest BCUT2D eigenvalue weighted by molar-refractivity contribution is 5.81. The summed E-state index contributed by atoms with van der Waals surface area (Å²) in [5.74, 6) is -0.541. The van der Waals surface area contributed by atoms with Gasteiger partial charge in [-0.1, -0.05) is 24.8 Å². The first-order chi connectivity index (χ1) is 11.2. The molecule has 0 bridgehead atoms. The predicted octanol–water partition coefficient (Wildman–Crippen LogP) is 2.93. The van der Waals surface area contributed by atoms with Crippen molar-refractivity contribution < 1.29 is 14.6 Å². The van der Waals surface area contributed by atoms with Crippen LogP contribution >= 0.6 is 0 Å². The molecule has 2 aromatic carbocycles. The molecular formula is C18H20N2O3. The van der Waals surface area contributed by atoms with Crippen LogP contribution in [0.2, 0.25) is 0 Å². The zero-order valence-electron chi connectivity index (χ0n) is 12.7. The van der Waals surface area contributed by atoms with Crippen molar-refractivity contribution >= 4 is 23.0 Å². The number of para-hydroxylation sites is 1. The monoisotopic (exact) mass is 312 g/mol. The zero-order valence-corrected chi connectivity index (χ0v) is 12.7.